The zero-order valence-electron chi connectivity index (χ0n) is 18.8. The minimum absolute atomic E-state index is 0.00287. The molecular weight excluding hydrogens is 418 g/mol. The third kappa shape index (κ3) is 3.86. The number of rotatable bonds is 3. The predicted octanol–water partition coefficient (Wildman–Crippen LogP) is 3.26. The molecule has 0 spiro atoms. The maximum absolute atomic E-state index is 13.8. The van der Waals surface area contributed by atoms with Crippen LogP contribution in [0.5, 0.6) is 0 Å². The lowest BCUT2D eigenvalue weighted by atomic mass is 9.75. The molecule has 1 N–H and O–H groups in total. The number of likely N-dealkylation sites (tertiary alicyclic amines) is 1. The fourth-order valence-electron chi connectivity index (χ4n) is 5.47. The minimum atomic E-state index is -0.469. The first-order valence-electron chi connectivity index (χ1n) is 11.8. The van der Waals surface area contributed by atoms with E-state index >= 15 is 0 Å². The zero-order chi connectivity index (χ0) is 22.9. The Bertz CT molecular complexity index is 1080. The van der Waals surface area contributed by atoms with Crippen LogP contribution >= 0.6 is 0 Å². The fourth-order valence-corrected chi connectivity index (χ4v) is 5.47. The number of ether oxygens (including phenoxy) is 1. The van der Waals surface area contributed by atoms with E-state index in [0.717, 1.165) is 17.5 Å². The van der Waals surface area contributed by atoms with Crippen molar-refractivity contribution in [2.75, 3.05) is 26.2 Å². The van der Waals surface area contributed by atoms with Crippen molar-refractivity contribution in [3.8, 4) is 0 Å². The lowest BCUT2D eigenvalue weighted by Gasteiger charge is -2.45. The molecule has 2 aromatic rings. The van der Waals surface area contributed by atoms with Gasteiger partial charge in [0, 0.05) is 31.2 Å². The van der Waals surface area contributed by atoms with Crippen LogP contribution < -0.4 is 5.32 Å². The van der Waals surface area contributed by atoms with Gasteiger partial charge < -0.3 is 19.9 Å². The summed E-state index contributed by atoms with van der Waals surface area (Å²) in [4.78, 5) is 42.6. The van der Waals surface area contributed by atoms with Gasteiger partial charge in [0.1, 0.15) is 0 Å². The van der Waals surface area contributed by atoms with Crippen LogP contribution in [0.2, 0.25) is 0 Å². The Morgan fingerprint density at radius 1 is 1.00 bits per heavy atom. The largest absolute Gasteiger partial charge is 0.450 e. The Balaban J connectivity index is 1.41. The summed E-state index contributed by atoms with van der Waals surface area (Å²) in [6.45, 7) is 3.87. The van der Waals surface area contributed by atoms with Gasteiger partial charge in [-0.3, -0.25) is 9.59 Å². The molecular formula is C26H29N3O4. The molecule has 33 heavy (non-hydrogen) atoms. The molecule has 1 saturated heterocycles. The van der Waals surface area contributed by atoms with E-state index in [-0.39, 0.29) is 30.0 Å². The second kappa shape index (κ2) is 8.89. The van der Waals surface area contributed by atoms with Crippen molar-refractivity contribution in [1.29, 1.82) is 0 Å². The van der Waals surface area contributed by atoms with Crippen molar-refractivity contribution >= 4 is 17.9 Å². The highest BCUT2D eigenvalue weighted by molar-refractivity contribution is 6.01. The maximum Gasteiger partial charge on any atom is 0.409 e. The van der Waals surface area contributed by atoms with Crippen molar-refractivity contribution in [2.45, 2.75) is 44.2 Å². The standard InChI is InChI=1S/C26H29N3O4/c1-2-33-26(32)28-14-12-18(13-15-28)27-24(30)22-20-9-5-6-10-21(20)25(31)29-16-11-17-7-3-4-8-19(17)23(22)29/h3-10,18,22-23H,2,11-16H2,1H3,(H,27,30)/t22-,23+/m1/s1. The summed E-state index contributed by atoms with van der Waals surface area (Å²) in [7, 11) is 0. The Morgan fingerprint density at radius 2 is 1.70 bits per heavy atom. The number of hydrogen-bond donors (Lipinski definition) is 1. The van der Waals surface area contributed by atoms with Gasteiger partial charge in [-0.25, -0.2) is 4.79 Å². The van der Waals surface area contributed by atoms with Gasteiger partial charge >= 0.3 is 6.09 Å². The highest BCUT2D eigenvalue weighted by atomic mass is 16.6. The van der Waals surface area contributed by atoms with Gasteiger partial charge in [-0.15, -0.1) is 0 Å². The first kappa shape index (κ1) is 21.5. The topological polar surface area (TPSA) is 79.0 Å². The van der Waals surface area contributed by atoms with E-state index in [4.69, 9.17) is 4.74 Å². The van der Waals surface area contributed by atoms with E-state index in [0.29, 0.717) is 44.6 Å². The summed E-state index contributed by atoms with van der Waals surface area (Å²) < 4.78 is 5.10. The third-order valence-electron chi connectivity index (χ3n) is 7.08. The normalized spacial score (nSPS) is 22.2. The molecule has 2 aromatic carbocycles. The van der Waals surface area contributed by atoms with Crippen LogP contribution in [0.1, 0.15) is 58.8 Å². The molecule has 0 radical (unpaired) electrons. The molecule has 5 rings (SSSR count). The van der Waals surface area contributed by atoms with Crippen molar-refractivity contribution in [3.63, 3.8) is 0 Å². The lowest BCUT2D eigenvalue weighted by molar-refractivity contribution is -0.125. The van der Waals surface area contributed by atoms with E-state index in [1.165, 1.54) is 5.56 Å². The van der Waals surface area contributed by atoms with E-state index in [2.05, 4.69) is 11.4 Å². The molecule has 0 unspecified atom stereocenters. The molecule has 1 fully saturated rings. The van der Waals surface area contributed by atoms with Gasteiger partial charge in [0.15, 0.2) is 0 Å². The number of nitrogens with one attached hydrogen (secondary N) is 1. The molecule has 7 heteroatoms. The number of piperidine rings is 1. The summed E-state index contributed by atoms with van der Waals surface area (Å²) in [5, 5.41) is 3.24. The Labute approximate surface area is 193 Å². The van der Waals surface area contributed by atoms with E-state index < -0.39 is 5.92 Å². The second-order valence-electron chi connectivity index (χ2n) is 8.93. The number of hydrogen-bond acceptors (Lipinski definition) is 4. The van der Waals surface area contributed by atoms with E-state index in [1.807, 2.05) is 47.4 Å². The molecule has 3 amide bonds. The van der Waals surface area contributed by atoms with Gasteiger partial charge in [-0.05, 0) is 48.9 Å². The number of amides is 3. The molecule has 172 valence electrons. The SMILES string of the molecule is CCOC(=O)N1CCC(NC(=O)[C@@H]2c3ccccc3C(=O)N3CCc4ccccc4[C@@H]23)CC1. The molecule has 3 aliphatic heterocycles. The van der Waals surface area contributed by atoms with Crippen LogP contribution in [0, 0.1) is 0 Å². The number of benzene rings is 2. The average molecular weight is 448 g/mol. The Hall–Kier alpha value is -3.35. The number of carbonyl (C=O) groups excluding carboxylic acids is 3. The quantitative estimate of drug-likeness (QED) is 0.783. The number of nitrogens with zero attached hydrogens (tertiary/aromatic N) is 2. The maximum atomic E-state index is 13.8. The summed E-state index contributed by atoms with van der Waals surface area (Å²) in [6.07, 6.45) is 1.86. The molecule has 3 aliphatic rings. The highest BCUT2D eigenvalue weighted by Crippen LogP contribution is 2.46. The first-order chi connectivity index (χ1) is 16.1. The first-order valence-corrected chi connectivity index (χ1v) is 11.8. The molecule has 0 saturated carbocycles. The average Bonchev–Trinajstić information content (AvgIpc) is 2.84. The van der Waals surface area contributed by atoms with Crippen LogP contribution in [-0.2, 0) is 16.0 Å². The zero-order valence-corrected chi connectivity index (χ0v) is 18.8. The van der Waals surface area contributed by atoms with Crippen molar-refractivity contribution < 1.29 is 19.1 Å². The second-order valence-corrected chi connectivity index (χ2v) is 8.93. The molecule has 3 heterocycles. The van der Waals surface area contributed by atoms with Gasteiger partial charge in [-0.1, -0.05) is 42.5 Å². The van der Waals surface area contributed by atoms with Crippen LogP contribution in [0.3, 0.4) is 0 Å². The number of fused-ring (bicyclic) bond motifs is 4. The summed E-state index contributed by atoms with van der Waals surface area (Å²) in [6, 6.07) is 15.3. The highest BCUT2D eigenvalue weighted by Gasteiger charge is 2.46. The van der Waals surface area contributed by atoms with Gasteiger partial charge in [0.05, 0.1) is 18.6 Å². The van der Waals surface area contributed by atoms with Crippen molar-refractivity contribution in [2.24, 2.45) is 0 Å². The molecule has 0 aromatic heterocycles. The van der Waals surface area contributed by atoms with Gasteiger partial charge in [-0.2, -0.15) is 0 Å². The molecule has 0 aliphatic carbocycles. The van der Waals surface area contributed by atoms with Crippen LogP contribution in [0.25, 0.3) is 0 Å². The molecule has 2 atom stereocenters. The third-order valence-corrected chi connectivity index (χ3v) is 7.08. The van der Waals surface area contributed by atoms with Crippen LogP contribution in [0.15, 0.2) is 48.5 Å². The number of carbonyl (C=O) groups is 3. The smallest absolute Gasteiger partial charge is 0.409 e. The van der Waals surface area contributed by atoms with Crippen molar-refractivity contribution in [3.05, 3.63) is 70.8 Å². The minimum Gasteiger partial charge on any atom is -0.450 e. The predicted molar refractivity (Wildman–Crippen MR) is 123 cm³/mol. The summed E-state index contributed by atoms with van der Waals surface area (Å²) >= 11 is 0. The van der Waals surface area contributed by atoms with E-state index in [9.17, 15) is 14.4 Å². The summed E-state index contributed by atoms with van der Waals surface area (Å²) in [5.74, 6) is -0.531. The monoisotopic (exact) mass is 447 g/mol. The molecule has 0 bridgehead atoms. The van der Waals surface area contributed by atoms with Gasteiger partial charge in [0.25, 0.3) is 5.91 Å². The Kier molecular flexibility index (Phi) is 5.79. The van der Waals surface area contributed by atoms with Gasteiger partial charge in [0.2, 0.25) is 5.91 Å². The molecule has 7 nitrogen and oxygen atoms in total. The van der Waals surface area contributed by atoms with Crippen molar-refractivity contribution in [1.82, 2.24) is 15.1 Å². The van der Waals surface area contributed by atoms with E-state index in [1.54, 1.807) is 11.8 Å². The Morgan fingerprint density at radius 3 is 2.45 bits per heavy atom. The fraction of sp³-hybridized carbons (Fsp3) is 0.423. The summed E-state index contributed by atoms with van der Waals surface area (Å²) in [5.41, 5.74) is 3.67. The van der Waals surface area contributed by atoms with Crippen LogP contribution in [-0.4, -0.2) is 60.0 Å². The lowest BCUT2D eigenvalue weighted by Crippen LogP contribution is -2.52. The van der Waals surface area contributed by atoms with Crippen LogP contribution in [0.4, 0.5) is 4.79 Å².